The molecule has 1 fully saturated rings. The molecule has 0 saturated carbocycles. The number of ether oxygens (including phenoxy) is 2. The molecule has 1 aromatic carbocycles. The van der Waals surface area contributed by atoms with E-state index in [1.54, 1.807) is 0 Å². The summed E-state index contributed by atoms with van der Waals surface area (Å²) in [5.74, 6) is 0. The maximum Gasteiger partial charge on any atom is 0.184 e. The van der Waals surface area contributed by atoms with Crippen LogP contribution in [0.15, 0.2) is 47.7 Å². The molecule has 1 saturated heterocycles. The van der Waals surface area contributed by atoms with Crippen LogP contribution in [0.2, 0.25) is 0 Å². The molecule has 94 valence electrons. The Bertz CT molecular complexity index is 502. The van der Waals surface area contributed by atoms with Crippen LogP contribution in [0.25, 0.3) is 6.08 Å². The second-order valence-electron chi connectivity index (χ2n) is 4.40. The number of rotatable bonds is 3. The first-order valence-corrected chi connectivity index (χ1v) is 6.10. The van der Waals surface area contributed by atoms with Crippen LogP contribution in [-0.2, 0) is 9.47 Å². The summed E-state index contributed by atoms with van der Waals surface area (Å²) in [4.78, 5) is 0. The smallest absolute Gasteiger partial charge is 0.184 e. The van der Waals surface area contributed by atoms with Gasteiger partial charge < -0.3 is 9.47 Å². The Morgan fingerprint density at radius 3 is 2.61 bits per heavy atom. The topological polar surface area (TPSA) is 18.5 Å². The summed E-state index contributed by atoms with van der Waals surface area (Å²) in [6.45, 7) is 9.19. The zero-order valence-electron chi connectivity index (χ0n) is 10.9. The molecule has 0 spiro atoms. The molecule has 0 aliphatic carbocycles. The number of hydrogen-bond acceptors (Lipinski definition) is 2. The zero-order valence-corrected chi connectivity index (χ0v) is 10.9. The summed E-state index contributed by atoms with van der Waals surface area (Å²) in [6, 6.07) is 8.06. The van der Waals surface area contributed by atoms with Crippen LogP contribution in [0.4, 0.5) is 0 Å². The van der Waals surface area contributed by atoms with Gasteiger partial charge in [-0.25, -0.2) is 0 Å². The second-order valence-corrected chi connectivity index (χ2v) is 4.40. The summed E-state index contributed by atoms with van der Waals surface area (Å²) in [6.07, 6.45) is 1.72. The molecule has 2 rings (SSSR count). The van der Waals surface area contributed by atoms with Crippen molar-refractivity contribution in [3.8, 4) is 0 Å². The Morgan fingerprint density at radius 2 is 1.94 bits per heavy atom. The van der Waals surface area contributed by atoms with Gasteiger partial charge in [0, 0.05) is 5.56 Å². The summed E-state index contributed by atoms with van der Waals surface area (Å²) in [7, 11) is 0. The van der Waals surface area contributed by atoms with Crippen molar-refractivity contribution in [3.63, 3.8) is 0 Å². The van der Waals surface area contributed by atoms with E-state index in [1.165, 1.54) is 0 Å². The van der Waals surface area contributed by atoms with Crippen molar-refractivity contribution in [1.82, 2.24) is 0 Å². The van der Waals surface area contributed by atoms with Crippen molar-refractivity contribution < 1.29 is 9.47 Å². The van der Waals surface area contributed by atoms with Crippen LogP contribution in [0.3, 0.4) is 0 Å². The Morgan fingerprint density at radius 1 is 1.28 bits per heavy atom. The minimum Gasteiger partial charge on any atom is -0.346 e. The lowest BCUT2D eigenvalue weighted by Gasteiger charge is -2.11. The Hall–Kier alpha value is -1.60. The van der Waals surface area contributed by atoms with Crippen molar-refractivity contribution in [1.29, 1.82) is 0 Å². The predicted octanol–water partition coefficient (Wildman–Crippen LogP) is 3.87. The van der Waals surface area contributed by atoms with Gasteiger partial charge in [0.1, 0.15) is 0 Å². The van der Waals surface area contributed by atoms with Gasteiger partial charge in [0.15, 0.2) is 6.29 Å². The van der Waals surface area contributed by atoms with E-state index in [1.807, 2.05) is 44.2 Å². The van der Waals surface area contributed by atoms with Crippen molar-refractivity contribution in [3.05, 3.63) is 58.8 Å². The minimum absolute atomic E-state index is 0.246. The molecule has 0 amide bonds. The summed E-state index contributed by atoms with van der Waals surface area (Å²) in [5, 5.41) is 0. The molecule has 1 heterocycles. The third-order valence-corrected chi connectivity index (χ3v) is 2.96. The van der Waals surface area contributed by atoms with Gasteiger partial charge in [0.25, 0.3) is 0 Å². The third-order valence-electron chi connectivity index (χ3n) is 2.96. The molecule has 0 aromatic heterocycles. The fourth-order valence-electron chi connectivity index (χ4n) is 1.70. The quantitative estimate of drug-likeness (QED) is 0.592. The zero-order chi connectivity index (χ0) is 13.0. The Balaban J connectivity index is 2.33. The van der Waals surface area contributed by atoms with Crippen molar-refractivity contribution in [2.75, 3.05) is 13.2 Å². The summed E-state index contributed by atoms with van der Waals surface area (Å²) < 4.78 is 11.1. The fourth-order valence-corrected chi connectivity index (χ4v) is 1.70. The predicted molar refractivity (Wildman–Crippen MR) is 73.1 cm³/mol. The molecular formula is C16H18O2. The number of hydrogen-bond donors (Lipinski definition) is 0. The van der Waals surface area contributed by atoms with E-state index in [2.05, 4.69) is 12.3 Å². The number of allylic oxidation sites excluding steroid dienone is 2. The molecular weight excluding hydrogens is 224 g/mol. The van der Waals surface area contributed by atoms with E-state index in [0.29, 0.717) is 13.2 Å². The molecule has 1 aliphatic heterocycles. The van der Waals surface area contributed by atoms with Gasteiger partial charge in [0.2, 0.25) is 0 Å². The van der Waals surface area contributed by atoms with Crippen LogP contribution < -0.4 is 0 Å². The largest absolute Gasteiger partial charge is 0.346 e. The van der Waals surface area contributed by atoms with Gasteiger partial charge in [-0.15, -0.1) is 5.73 Å². The van der Waals surface area contributed by atoms with E-state index < -0.39 is 0 Å². The lowest BCUT2D eigenvalue weighted by Crippen LogP contribution is -2.00. The van der Waals surface area contributed by atoms with Crippen LogP contribution in [-0.4, -0.2) is 13.2 Å². The van der Waals surface area contributed by atoms with Crippen molar-refractivity contribution in [2.45, 2.75) is 20.1 Å². The summed E-state index contributed by atoms with van der Waals surface area (Å²) >= 11 is 0. The first-order valence-electron chi connectivity index (χ1n) is 6.10. The average Bonchev–Trinajstić information content (AvgIpc) is 2.89. The lowest BCUT2D eigenvalue weighted by atomic mass is 10.1. The highest BCUT2D eigenvalue weighted by molar-refractivity contribution is 5.55. The summed E-state index contributed by atoms with van der Waals surface area (Å²) in [5.41, 5.74) is 7.45. The molecule has 0 radical (unpaired) electrons. The van der Waals surface area contributed by atoms with E-state index >= 15 is 0 Å². The minimum atomic E-state index is -0.246. The standard InChI is InChI=1S/C16H18O2/c1-12(2)13(3)8-9-14-6-4-5-7-15(14)16-17-10-11-18-16/h4-7,9,16H,1,10-11H2,2-3H3. The highest BCUT2D eigenvalue weighted by Crippen LogP contribution is 2.26. The van der Waals surface area contributed by atoms with Gasteiger partial charge >= 0.3 is 0 Å². The Labute approximate surface area is 108 Å². The highest BCUT2D eigenvalue weighted by atomic mass is 16.7. The van der Waals surface area contributed by atoms with Crippen LogP contribution in [0.1, 0.15) is 31.3 Å². The molecule has 1 aliphatic rings. The second kappa shape index (κ2) is 5.83. The molecule has 2 heteroatoms. The maximum atomic E-state index is 5.54. The highest BCUT2D eigenvalue weighted by Gasteiger charge is 2.19. The lowest BCUT2D eigenvalue weighted by molar-refractivity contribution is -0.0442. The van der Waals surface area contributed by atoms with Gasteiger partial charge in [0.05, 0.1) is 13.2 Å². The van der Waals surface area contributed by atoms with Crippen molar-refractivity contribution >= 4 is 6.08 Å². The average molecular weight is 242 g/mol. The van der Waals surface area contributed by atoms with Gasteiger partial charge in [-0.1, -0.05) is 30.8 Å². The van der Waals surface area contributed by atoms with E-state index in [0.717, 1.165) is 22.3 Å². The number of benzene rings is 1. The molecule has 0 N–H and O–H groups in total. The van der Waals surface area contributed by atoms with Crippen LogP contribution in [0, 0.1) is 0 Å². The van der Waals surface area contributed by atoms with Gasteiger partial charge in [-0.2, -0.15) is 0 Å². The van der Waals surface area contributed by atoms with Crippen molar-refractivity contribution in [2.24, 2.45) is 0 Å². The maximum absolute atomic E-state index is 5.54. The Kier molecular flexibility index (Phi) is 4.16. The monoisotopic (exact) mass is 242 g/mol. The van der Waals surface area contributed by atoms with E-state index in [9.17, 15) is 0 Å². The molecule has 18 heavy (non-hydrogen) atoms. The first-order chi connectivity index (χ1) is 8.68. The molecule has 0 unspecified atom stereocenters. The third kappa shape index (κ3) is 2.99. The van der Waals surface area contributed by atoms with Crippen LogP contribution >= 0.6 is 0 Å². The molecule has 0 atom stereocenters. The normalized spacial score (nSPS) is 15.2. The fraction of sp³-hybridized carbons (Fsp3) is 0.312. The van der Waals surface area contributed by atoms with Gasteiger partial charge in [-0.3, -0.25) is 0 Å². The molecule has 0 bridgehead atoms. The molecule has 1 aromatic rings. The van der Waals surface area contributed by atoms with Crippen LogP contribution in [0.5, 0.6) is 0 Å². The first kappa shape index (κ1) is 12.8. The van der Waals surface area contributed by atoms with E-state index in [4.69, 9.17) is 9.47 Å². The SMILES string of the molecule is C=C(C)C(C)=C=Cc1ccccc1C1OCCO1. The molecule has 2 nitrogen and oxygen atoms in total. The van der Waals surface area contributed by atoms with Gasteiger partial charge in [-0.05, 0) is 36.6 Å². The van der Waals surface area contributed by atoms with E-state index in [-0.39, 0.29) is 6.29 Å².